The van der Waals surface area contributed by atoms with Crippen molar-refractivity contribution in [2.45, 2.75) is 12.6 Å². The van der Waals surface area contributed by atoms with Gasteiger partial charge in [0.15, 0.2) is 0 Å². The van der Waals surface area contributed by atoms with Crippen LogP contribution in [0.3, 0.4) is 0 Å². The summed E-state index contributed by atoms with van der Waals surface area (Å²) in [5.74, 6) is 0.565. The fraction of sp³-hybridized carbons (Fsp3) is 0.467. The molecule has 0 radical (unpaired) electrons. The monoisotopic (exact) mass is 286 g/mol. The van der Waals surface area contributed by atoms with Gasteiger partial charge in [-0.2, -0.15) is 5.26 Å². The summed E-state index contributed by atoms with van der Waals surface area (Å²) in [5.41, 5.74) is 1.45. The van der Waals surface area contributed by atoms with Crippen molar-refractivity contribution in [1.29, 1.82) is 5.26 Å². The Hall–Kier alpha value is -2.26. The molecule has 2 heterocycles. The SMILES string of the molecule is COc1ccc(CN2CC3CNCCN3C2=O)cc1C#N. The minimum atomic E-state index is 0.0934. The Bertz CT molecular complexity index is 596. The number of hydrogen-bond donors (Lipinski definition) is 1. The van der Waals surface area contributed by atoms with Crippen molar-refractivity contribution in [3.05, 3.63) is 29.3 Å². The normalized spacial score (nSPS) is 21.1. The molecular formula is C15H18N4O2. The number of urea groups is 1. The topological polar surface area (TPSA) is 68.6 Å². The molecule has 2 fully saturated rings. The number of ether oxygens (including phenoxy) is 1. The molecule has 0 saturated carbocycles. The first-order valence-electron chi connectivity index (χ1n) is 7.06. The second-order valence-electron chi connectivity index (χ2n) is 5.36. The third-order valence-corrected chi connectivity index (χ3v) is 4.06. The van der Waals surface area contributed by atoms with E-state index in [1.807, 2.05) is 15.9 Å². The van der Waals surface area contributed by atoms with Gasteiger partial charge in [-0.25, -0.2) is 4.79 Å². The van der Waals surface area contributed by atoms with Crippen molar-refractivity contribution in [3.8, 4) is 11.8 Å². The molecule has 1 N–H and O–H groups in total. The number of carbonyl (C=O) groups is 1. The van der Waals surface area contributed by atoms with Gasteiger partial charge in [-0.3, -0.25) is 0 Å². The highest BCUT2D eigenvalue weighted by molar-refractivity contribution is 5.77. The van der Waals surface area contributed by atoms with Crippen LogP contribution in [0, 0.1) is 11.3 Å². The summed E-state index contributed by atoms with van der Waals surface area (Å²) in [6.45, 7) is 3.75. The number of nitrogens with one attached hydrogen (secondary N) is 1. The zero-order chi connectivity index (χ0) is 14.8. The van der Waals surface area contributed by atoms with Crippen molar-refractivity contribution in [2.75, 3.05) is 33.3 Å². The molecule has 0 spiro atoms. The third kappa shape index (κ3) is 2.52. The maximum absolute atomic E-state index is 12.4. The molecule has 110 valence electrons. The number of nitrogens with zero attached hydrogens (tertiary/aromatic N) is 3. The lowest BCUT2D eigenvalue weighted by molar-refractivity contribution is 0.178. The predicted molar refractivity (Wildman–Crippen MR) is 76.9 cm³/mol. The summed E-state index contributed by atoms with van der Waals surface area (Å²) in [5, 5.41) is 12.4. The number of hydrogen-bond acceptors (Lipinski definition) is 4. The first-order valence-corrected chi connectivity index (χ1v) is 7.06. The summed E-state index contributed by atoms with van der Waals surface area (Å²) in [6, 6.07) is 7.96. The number of carbonyl (C=O) groups excluding carboxylic acids is 1. The van der Waals surface area contributed by atoms with Gasteiger partial charge in [-0.1, -0.05) is 6.07 Å². The Kier molecular flexibility index (Phi) is 3.67. The minimum absolute atomic E-state index is 0.0934. The minimum Gasteiger partial charge on any atom is -0.495 e. The number of piperazine rings is 1. The molecule has 1 aromatic carbocycles. The second-order valence-corrected chi connectivity index (χ2v) is 5.36. The smallest absolute Gasteiger partial charge is 0.320 e. The van der Waals surface area contributed by atoms with Crippen molar-refractivity contribution < 1.29 is 9.53 Å². The summed E-state index contributed by atoms with van der Waals surface area (Å²) in [4.78, 5) is 16.1. The molecular weight excluding hydrogens is 268 g/mol. The highest BCUT2D eigenvalue weighted by Crippen LogP contribution is 2.23. The number of fused-ring (bicyclic) bond motifs is 1. The van der Waals surface area contributed by atoms with Crippen LogP contribution in [0.25, 0.3) is 0 Å². The predicted octanol–water partition coefficient (Wildman–Crippen LogP) is 0.776. The number of amides is 2. The van der Waals surface area contributed by atoms with Crippen molar-refractivity contribution in [1.82, 2.24) is 15.1 Å². The van der Waals surface area contributed by atoms with Gasteiger partial charge in [-0.05, 0) is 17.7 Å². The van der Waals surface area contributed by atoms with Crippen molar-refractivity contribution >= 4 is 6.03 Å². The Morgan fingerprint density at radius 2 is 2.38 bits per heavy atom. The fourth-order valence-corrected chi connectivity index (χ4v) is 2.98. The number of nitriles is 1. The van der Waals surface area contributed by atoms with E-state index in [1.165, 1.54) is 0 Å². The molecule has 1 aromatic rings. The maximum Gasteiger partial charge on any atom is 0.320 e. The highest BCUT2D eigenvalue weighted by atomic mass is 16.5. The van der Waals surface area contributed by atoms with Crippen molar-refractivity contribution in [2.24, 2.45) is 0 Å². The van der Waals surface area contributed by atoms with Gasteiger partial charge in [0, 0.05) is 32.7 Å². The lowest BCUT2D eigenvalue weighted by atomic mass is 10.1. The molecule has 2 saturated heterocycles. The molecule has 0 aliphatic carbocycles. The van der Waals surface area contributed by atoms with Crippen LogP contribution in [0.1, 0.15) is 11.1 Å². The molecule has 0 bridgehead atoms. The van der Waals surface area contributed by atoms with E-state index < -0.39 is 0 Å². The van der Waals surface area contributed by atoms with Gasteiger partial charge in [0.25, 0.3) is 0 Å². The van der Waals surface area contributed by atoms with E-state index in [4.69, 9.17) is 10.00 Å². The third-order valence-electron chi connectivity index (χ3n) is 4.06. The zero-order valence-electron chi connectivity index (χ0n) is 12.0. The van der Waals surface area contributed by atoms with E-state index in [1.54, 1.807) is 19.2 Å². The summed E-state index contributed by atoms with van der Waals surface area (Å²) >= 11 is 0. The molecule has 1 unspecified atom stereocenters. The van der Waals surface area contributed by atoms with Crippen molar-refractivity contribution in [3.63, 3.8) is 0 Å². The summed E-state index contributed by atoms with van der Waals surface area (Å²) < 4.78 is 5.14. The Balaban J connectivity index is 1.75. The summed E-state index contributed by atoms with van der Waals surface area (Å²) in [6.07, 6.45) is 0. The number of benzene rings is 1. The largest absolute Gasteiger partial charge is 0.495 e. The van der Waals surface area contributed by atoms with E-state index in [2.05, 4.69) is 11.4 Å². The van der Waals surface area contributed by atoms with E-state index in [9.17, 15) is 4.79 Å². The molecule has 0 aromatic heterocycles. The van der Waals surface area contributed by atoms with E-state index in [-0.39, 0.29) is 12.1 Å². The zero-order valence-corrected chi connectivity index (χ0v) is 12.0. The standard InChI is InChI=1S/C15H18N4O2/c1-21-14-3-2-11(6-12(14)7-16)9-18-10-13-8-17-4-5-19(13)15(18)20/h2-3,6,13,17H,4-5,8-10H2,1H3. The second kappa shape index (κ2) is 5.62. The van der Waals surface area contributed by atoms with E-state index in [0.29, 0.717) is 17.9 Å². The first-order chi connectivity index (χ1) is 10.2. The molecule has 21 heavy (non-hydrogen) atoms. The van der Waals surface area contributed by atoms with Crippen LogP contribution in [0.5, 0.6) is 5.75 Å². The van der Waals surface area contributed by atoms with Crippen LogP contribution in [0.15, 0.2) is 18.2 Å². The number of rotatable bonds is 3. The van der Waals surface area contributed by atoms with Gasteiger partial charge >= 0.3 is 6.03 Å². The van der Waals surface area contributed by atoms with Gasteiger partial charge in [-0.15, -0.1) is 0 Å². The maximum atomic E-state index is 12.4. The van der Waals surface area contributed by atoms with E-state index in [0.717, 1.165) is 31.7 Å². The molecule has 2 amide bonds. The van der Waals surface area contributed by atoms with E-state index >= 15 is 0 Å². The van der Waals surface area contributed by atoms with Crippen LogP contribution < -0.4 is 10.1 Å². The molecule has 3 rings (SSSR count). The van der Waals surface area contributed by atoms with Crippen LogP contribution in [0.4, 0.5) is 4.79 Å². The highest BCUT2D eigenvalue weighted by Gasteiger charge is 2.38. The Morgan fingerprint density at radius 1 is 1.52 bits per heavy atom. The first kappa shape index (κ1) is 13.7. The van der Waals surface area contributed by atoms with Crippen LogP contribution in [-0.2, 0) is 6.54 Å². The Labute approximate surface area is 123 Å². The van der Waals surface area contributed by atoms with Gasteiger partial charge < -0.3 is 19.9 Å². The van der Waals surface area contributed by atoms with Crippen LogP contribution in [0.2, 0.25) is 0 Å². The molecule has 2 aliphatic rings. The lowest BCUT2D eigenvalue weighted by Crippen LogP contribution is -2.49. The van der Waals surface area contributed by atoms with Gasteiger partial charge in [0.2, 0.25) is 0 Å². The average molecular weight is 286 g/mol. The average Bonchev–Trinajstić information content (AvgIpc) is 2.84. The lowest BCUT2D eigenvalue weighted by Gasteiger charge is -2.28. The van der Waals surface area contributed by atoms with Crippen LogP contribution >= 0.6 is 0 Å². The molecule has 6 nitrogen and oxygen atoms in total. The molecule has 6 heteroatoms. The fourth-order valence-electron chi connectivity index (χ4n) is 2.98. The van der Waals surface area contributed by atoms with Gasteiger partial charge in [0.05, 0.1) is 18.7 Å². The molecule has 1 atom stereocenters. The number of methoxy groups -OCH3 is 1. The molecule has 2 aliphatic heterocycles. The summed E-state index contributed by atoms with van der Waals surface area (Å²) in [7, 11) is 1.55. The quantitative estimate of drug-likeness (QED) is 0.891. The van der Waals surface area contributed by atoms with Gasteiger partial charge in [0.1, 0.15) is 11.8 Å². The van der Waals surface area contributed by atoms with Crippen LogP contribution in [-0.4, -0.2) is 55.2 Å². The Morgan fingerprint density at radius 3 is 3.10 bits per heavy atom.